The number of esters is 1. The molecule has 0 radical (unpaired) electrons. The van der Waals surface area contributed by atoms with Crippen molar-refractivity contribution < 1.29 is 29.0 Å². The summed E-state index contributed by atoms with van der Waals surface area (Å²) in [5, 5.41) is 11.8. The summed E-state index contributed by atoms with van der Waals surface area (Å²) >= 11 is 0. The van der Waals surface area contributed by atoms with Crippen molar-refractivity contribution in [2.45, 2.75) is 73.0 Å². The van der Waals surface area contributed by atoms with Gasteiger partial charge in [-0.25, -0.2) is 4.79 Å². The van der Waals surface area contributed by atoms with Crippen molar-refractivity contribution in [3.63, 3.8) is 0 Å². The van der Waals surface area contributed by atoms with Crippen LogP contribution in [0.2, 0.25) is 0 Å². The van der Waals surface area contributed by atoms with Crippen LogP contribution in [0.25, 0.3) is 0 Å². The Bertz CT molecular complexity index is 420. The summed E-state index contributed by atoms with van der Waals surface area (Å²) in [6.45, 7) is 9.33. The van der Waals surface area contributed by atoms with Gasteiger partial charge in [0, 0.05) is 18.9 Å². The minimum absolute atomic E-state index is 0.0130. The van der Waals surface area contributed by atoms with E-state index in [1.165, 1.54) is 0 Å². The first-order valence-electron chi connectivity index (χ1n) is 9.11. The normalized spacial score (nSPS) is 13.4. The van der Waals surface area contributed by atoms with Crippen LogP contribution < -0.4 is 5.32 Å². The van der Waals surface area contributed by atoms with Crippen molar-refractivity contribution in [3.05, 3.63) is 0 Å². The number of hydrogen-bond donors (Lipinski definition) is 2. The van der Waals surface area contributed by atoms with Crippen molar-refractivity contribution in [2.75, 3.05) is 6.54 Å². The molecule has 0 aliphatic rings. The van der Waals surface area contributed by atoms with E-state index in [0.29, 0.717) is 12.3 Å². The molecule has 25 heavy (non-hydrogen) atoms. The van der Waals surface area contributed by atoms with Crippen molar-refractivity contribution >= 4 is 18.0 Å². The van der Waals surface area contributed by atoms with Gasteiger partial charge in [0.25, 0.3) is 6.29 Å². The molecule has 0 aliphatic heterocycles. The fourth-order valence-corrected chi connectivity index (χ4v) is 2.31. The molecule has 0 rings (SSSR count). The van der Waals surface area contributed by atoms with Crippen LogP contribution >= 0.6 is 0 Å². The largest absolute Gasteiger partial charge is 0.481 e. The van der Waals surface area contributed by atoms with Crippen LogP contribution in [-0.4, -0.2) is 36.0 Å². The van der Waals surface area contributed by atoms with Gasteiger partial charge in [-0.3, -0.25) is 9.59 Å². The molecule has 0 aromatic heterocycles. The molecule has 0 saturated heterocycles. The van der Waals surface area contributed by atoms with Crippen molar-refractivity contribution in [1.29, 1.82) is 0 Å². The van der Waals surface area contributed by atoms with Crippen molar-refractivity contribution in [3.8, 4) is 0 Å². The molecule has 146 valence electrons. The van der Waals surface area contributed by atoms with Gasteiger partial charge in [0.2, 0.25) is 0 Å². The third-order valence-electron chi connectivity index (χ3n) is 4.22. The average Bonchev–Trinajstić information content (AvgIpc) is 2.56. The Balaban J connectivity index is 4.49. The molecule has 0 aromatic carbocycles. The minimum Gasteiger partial charge on any atom is -0.481 e. The molecule has 1 amide bonds. The third-order valence-corrected chi connectivity index (χ3v) is 4.22. The molecule has 0 unspecified atom stereocenters. The lowest BCUT2D eigenvalue weighted by Crippen LogP contribution is -2.38. The highest BCUT2D eigenvalue weighted by Crippen LogP contribution is 2.19. The Labute approximate surface area is 150 Å². The maximum absolute atomic E-state index is 11.9. The first-order chi connectivity index (χ1) is 11.7. The number of carbonyl (C=O) groups is 3. The summed E-state index contributed by atoms with van der Waals surface area (Å²) in [5.74, 6) is -1.77. The first-order valence-corrected chi connectivity index (χ1v) is 9.11. The van der Waals surface area contributed by atoms with E-state index in [1.807, 2.05) is 0 Å². The number of carboxylic acid groups (broad SMARTS) is 1. The second kappa shape index (κ2) is 12.6. The van der Waals surface area contributed by atoms with Gasteiger partial charge in [-0.1, -0.05) is 47.5 Å². The Hall–Kier alpha value is -1.79. The number of carboxylic acids is 1. The maximum atomic E-state index is 11.9. The van der Waals surface area contributed by atoms with E-state index in [9.17, 15) is 19.5 Å². The molecule has 7 heteroatoms. The lowest BCUT2D eigenvalue weighted by molar-refractivity contribution is -0.174. The predicted octanol–water partition coefficient (Wildman–Crippen LogP) is 3.57. The summed E-state index contributed by atoms with van der Waals surface area (Å²) < 4.78 is 10.2. The van der Waals surface area contributed by atoms with E-state index in [4.69, 9.17) is 9.47 Å². The van der Waals surface area contributed by atoms with Crippen LogP contribution in [0.15, 0.2) is 0 Å². The molecule has 2 atom stereocenters. The zero-order chi connectivity index (χ0) is 19.4. The molecule has 0 fully saturated rings. The Morgan fingerprint density at radius 2 is 1.60 bits per heavy atom. The second-order valence-electron chi connectivity index (χ2n) is 6.54. The zero-order valence-corrected chi connectivity index (χ0v) is 16.0. The highest BCUT2D eigenvalue weighted by molar-refractivity contribution is 5.73. The number of carbonyl (C=O) groups excluding carboxylic acids is 2. The maximum Gasteiger partial charge on any atom is 0.410 e. The molecule has 0 aliphatic carbocycles. The SMILES string of the molecule is CCC(=O)O[C@H](OC(=O)NC[C@H](CCC(CC)CC)C(=O)O)C(C)C. The number of nitrogens with one attached hydrogen (secondary N) is 1. The first kappa shape index (κ1) is 23.2. The molecule has 0 aromatic rings. The topological polar surface area (TPSA) is 102 Å². The van der Waals surface area contributed by atoms with E-state index in [2.05, 4.69) is 19.2 Å². The lowest BCUT2D eigenvalue weighted by Gasteiger charge is -2.22. The summed E-state index contributed by atoms with van der Waals surface area (Å²) in [6.07, 6.45) is 1.75. The Morgan fingerprint density at radius 3 is 2.04 bits per heavy atom. The van der Waals surface area contributed by atoms with E-state index >= 15 is 0 Å². The molecule has 7 nitrogen and oxygen atoms in total. The summed E-state index contributed by atoms with van der Waals surface area (Å²) in [5.41, 5.74) is 0. The highest BCUT2D eigenvalue weighted by Gasteiger charge is 2.24. The molecule has 0 saturated carbocycles. The molecular formula is C18H33NO6. The highest BCUT2D eigenvalue weighted by atomic mass is 16.7. The predicted molar refractivity (Wildman–Crippen MR) is 93.9 cm³/mol. The van der Waals surface area contributed by atoms with Crippen LogP contribution in [0, 0.1) is 17.8 Å². The number of hydrogen-bond acceptors (Lipinski definition) is 5. The number of aliphatic carboxylic acids is 1. The van der Waals surface area contributed by atoms with Crippen LogP contribution in [0.1, 0.15) is 66.7 Å². The second-order valence-corrected chi connectivity index (χ2v) is 6.54. The molecule has 0 heterocycles. The quantitative estimate of drug-likeness (QED) is 0.408. The zero-order valence-electron chi connectivity index (χ0n) is 16.0. The number of ether oxygens (including phenoxy) is 2. The number of rotatable bonds is 12. The number of alkyl carbamates (subject to hydrolysis) is 1. The minimum atomic E-state index is -0.986. The van der Waals surface area contributed by atoms with Gasteiger partial charge < -0.3 is 19.9 Å². The van der Waals surface area contributed by atoms with Gasteiger partial charge in [0.1, 0.15) is 0 Å². The van der Waals surface area contributed by atoms with Gasteiger partial charge in [0.15, 0.2) is 0 Å². The van der Waals surface area contributed by atoms with Crippen LogP contribution in [0.4, 0.5) is 4.79 Å². The van der Waals surface area contributed by atoms with Gasteiger partial charge >= 0.3 is 18.0 Å². The molecule has 2 N–H and O–H groups in total. The lowest BCUT2D eigenvalue weighted by atomic mass is 9.92. The van der Waals surface area contributed by atoms with Crippen LogP contribution in [0.3, 0.4) is 0 Å². The number of amides is 1. The van der Waals surface area contributed by atoms with E-state index < -0.39 is 30.2 Å². The van der Waals surface area contributed by atoms with E-state index in [1.54, 1.807) is 20.8 Å². The summed E-state index contributed by atoms with van der Waals surface area (Å²) in [7, 11) is 0. The smallest absolute Gasteiger partial charge is 0.410 e. The van der Waals surface area contributed by atoms with E-state index in [-0.39, 0.29) is 18.9 Å². The average molecular weight is 359 g/mol. The summed E-state index contributed by atoms with van der Waals surface area (Å²) in [4.78, 5) is 34.6. The van der Waals surface area contributed by atoms with Crippen LogP contribution in [-0.2, 0) is 19.1 Å². The Morgan fingerprint density at radius 1 is 1.00 bits per heavy atom. The standard InChI is InChI=1S/C18H33NO6/c1-6-13(7-2)9-10-14(16(21)22)11-19-18(23)25-17(12(4)5)24-15(20)8-3/h12-14,17H,6-11H2,1-5H3,(H,19,23)(H,21,22)/t14-,17+/m0/s1. The fraction of sp³-hybridized carbons (Fsp3) is 0.833. The Kier molecular flexibility index (Phi) is 11.7. The summed E-state index contributed by atoms with van der Waals surface area (Å²) in [6, 6.07) is 0. The van der Waals surface area contributed by atoms with Gasteiger partial charge in [-0.05, 0) is 18.8 Å². The van der Waals surface area contributed by atoms with Crippen LogP contribution in [0.5, 0.6) is 0 Å². The van der Waals surface area contributed by atoms with Gasteiger partial charge in [0.05, 0.1) is 5.92 Å². The molecular weight excluding hydrogens is 326 g/mol. The van der Waals surface area contributed by atoms with Crippen molar-refractivity contribution in [2.24, 2.45) is 17.8 Å². The third kappa shape index (κ3) is 9.94. The molecule has 0 bridgehead atoms. The molecule has 0 spiro atoms. The fourth-order valence-electron chi connectivity index (χ4n) is 2.31. The van der Waals surface area contributed by atoms with Gasteiger partial charge in [-0.15, -0.1) is 0 Å². The van der Waals surface area contributed by atoms with Crippen molar-refractivity contribution in [1.82, 2.24) is 5.32 Å². The monoisotopic (exact) mass is 359 g/mol. The van der Waals surface area contributed by atoms with E-state index in [0.717, 1.165) is 19.3 Å². The van der Waals surface area contributed by atoms with Gasteiger partial charge in [-0.2, -0.15) is 0 Å².